The van der Waals surface area contributed by atoms with Gasteiger partial charge >= 0.3 is 5.97 Å². The molecular formula is C29H30N6O6S. The lowest BCUT2D eigenvalue weighted by atomic mass is 9.95. The average Bonchev–Trinajstić information content (AvgIpc) is 3.42. The molecule has 5 rings (SSSR count). The lowest BCUT2D eigenvalue weighted by Gasteiger charge is -2.30. The molecule has 0 fully saturated rings. The van der Waals surface area contributed by atoms with Gasteiger partial charge < -0.3 is 29.6 Å². The number of nitrogens with zero attached hydrogens (tertiary/aromatic N) is 4. The van der Waals surface area contributed by atoms with Gasteiger partial charge in [0.2, 0.25) is 5.75 Å². The number of carbonyl (C=O) groups is 1. The van der Waals surface area contributed by atoms with E-state index in [9.17, 15) is 9.59 Å². The Morgan fingerprint density at radius 1 is 1.12 bits per heavy atom. The molecule has 42 heavy (non-hydrogen) atoms. The molecule has 1 aliphatic heterocycles. The van der Waals surface area contributed by atoms with E-state index in [0.29, 0.717) is 56.1 Å². The number of aromatic nitrogens is 4. The number of carbonyl (C=O) groups excluding carboxylic acids is 1. The zero-order valence-corrected chi connectivity index (χ0v) is 24.6. The molecule has 0 saturated carbocycles. The zero-order valence-electron chi connectivity index (χ0n) is 23.8. The normalized spacial score (nSPS) is 14.8. The Morgan fingerprint density at radius 3 is 2.45 bits per heavy atom. The summed E-state index contributed by atoms with van der Waals surface area (Å²) in [4.78, 5) is 30.7. The Morgan fingerprint density at radius 2 is 1.81 bits per heavy atom. The molecule has 1 atom stereocenters. The highest BCUT2D eigenvalue weighted by Crippen LogP contribution is 2.42. The summed E-state index contributed by atoms with van der Waals surface area (Å²) in [6, 6.07) is 12.3. The van der Waals surface area contributed by atoms with Gasteiger partial charge in [-0.2, -0.15) is 5.10 Å². The van der Waals surface area contributed by atoms with Gasteiger partial charge in [-0.25, -0.2) is 14.5 Å². The van der Waals surface area contributed by atoms with E-state index in [-0.39, 0.29) is 18.8 Å². The minimum atomic E-state index is -0.627. The quantitative estimate of drug-likeness (QED) is 0.220. The number of hydrogen-bond acceptors (Lipinski definition) is 9. The van der Waals surface area contributed by atoms with Crippen LogP contribution in [0.3, 0.4) is 0 Å². The molecule has 0 amide bonds. The number of ether oxygens (including phenoxy) is 4. The highest BCUT2D eigenvalue weighted by molar-refractivity contribution is 7.80. The average molecular weight is 591 g/mol. The number of hydrogen-bond donors (Lipinski definition) is 2. The second-order valence-electron chi connectivity index (χ2n) is 9.36. The van der Waals surface area contributed by atoms with Crippen LogP contribution < -0.4 is 30.4 Å². The van der Waals surface area contributed by atoms with Crippen LogP contribution in [0.1, 0.15) is 31.3 Å². The van der Waals surface area contributed by atoms with Gasteiger partial charge in [0.1, 0.15) is 12.0 Å². The maximum Gasteiger partial charge on any atom is 0.338 e. The van der Waals surface area contributed by atoms with Crippen molar-refractivity contribution in [1.29, 1.82) is 0 Å². The number of benzene rings is 2. The number of fused-ring (bicyclic) bond motifs is 1. The molecule has 2 N–H and O–H groups in total. The van der Waals surface area contributed by atoms with Crippen LogP contribution in [0.15, 0.2) is 64.7 Å². The molecule has 2 aromatic carbocycles. The van der Waals surface area contributed by atoms with Gasteiger partial charge in [-0.05, 0) is 55.9 Å². The molecule has 0 aliphatic carbocycles. The third kappa shape index (κ3) is 5.26. The lowest BCUT2D eigenvalue weighted by molar-refractivity contribution is -0.139. The molecule has 0 radical (unpaired) electrons. The number of rotatable bonds is 9. The van der Waals surface area contributed by atoms with Gasteiger partial charge in [-0.3, -0.25) is 9.36 Å². The molecule has 4 aromatic rings. The summed E-state index contributed by atoms with van der Waals surface area (Å²) >= 11 is 5.36. The van der Waals surface area contributed by atoms with Crippen LogP contribution in [0.5, 0.6) is 17.2 Å². The molecule has 1 aliphatic rings. The molecule has 218 valence electrons. The van der Waals surface area contributed by atoms with Crippen molar-refractivity contribution in [3.05, 3.63) is 81.7 Å². The Balaban J connectivity index is 1.51. The first-order valence-corrected chi connectivity index (χ1v) is 13.5. The molecule has 12 nitrogen and oxygen atoms in total. The summed E-state index contributed by atoms with van der Waals surface area (Å²) in [6.45, 7) is 3.65. The van der Waals surface area contributed by atoms with Gasteiger partial charge in [-0.1, -0.05) is 18.2 Å². The fraction of sp³-hybridized carbons (Fsp3) is 0.276. The standard InChI is InChI=1S/C29H30N6O6S/c1-6-40-28(37)23-16(2)31-29(42)33-24(23)17-12-20(38-4)25(21(13-17)39-5)41-15-22-32-26-19(27(36)34(22)3)14-30-35(26)18-10-8-7-9-11-18/h7-14,24H,6,15H2,1-5H3,(H2,31,33,42). The van der Waals surface area contributed by atoms with Crippen LogP contribution in [0.4, 0.5) is 0 Å². The fourth-order valence-corrected chi connectivity index (χ4v) is 5.02. The molecule has 3 heterocycles. The predicted molar refractivity (Wildman–Crippen MR) is 159 cm³/mol. The Hall–Kier alpha value is -4.91. The minimum absolute atomic E-state index is 0.0729. The van der Waals surface area contributed by atoms with E-state index in [1.807, 2.05) is 30.3 Å². The number of para-hydroxylation sites is 1. The molecular weight excluding hydrogens is 560 g/mol. The van der Waals surface area contributed by atoms with Gasteiger partial charge in [0, 0.05) is 12.7 Å². The second-order valence-corrected chi connectivity index (χ2v) is 9.76. The van der Waals surface area contributed by atoms with Gasteiger partial charge in [0.15, 0.2) is 28.1 Å². The van der Waals surface area contributed by atoms with Crippen molar-refractivity contribution < 1.29 is 23.7 Å². The maximum absolute atomic E-state index is 13.2. The highest BCUT2D eigenvalue weighted by atomic mass is 32.1. The van der Waals surface area contributed by atoms with Crippen LogP contribution in [-0.2, 0) is 23.2 Å². The fourth-order valence-electron chi connectivity index (χ4n) is 4.75. The number of esters is 1. The van der Waals surface area contributed by atoms with E-state index >= 15 is 0 Å². The number of thiocarbonyl (C=S) groups is 1. The van der Waals surface area contributed by atoms with E-state index in [1.165, 1.54) is 25.0 Å². The largest absolute Gasteiger partial charge is 0.493 e. The summed E-state index contributed by atoms with van der Waals surface area (Å²) in [5.74, 6) is 0.878. The topological polar surface area (TPSA) is 131 Å². The van der Waals surface area contributed by atoms with Gasteiger partial charge in [0.05, 0.1) is 44.3 Å². The molecule has 1 unspecified atom stereocenters. The SMILES string of the molecule is CCOC(=O)C1=C(C)NC(=S)NC1c1cc(OC)c(OCc2nc3c(cnn3-c3ccccc3)c(=O)n2C)c(OC)c1. The Bertz CT molecular complexity index is 1740. The third-order valence-electron chi connectivity index (χ3n) is 6.83. The van der Waals surface area contributed by atoms with Crippen molar-refractivity contribution >= 4 is 34.3 Å². The molecule has 0 spiro atoms. The summed E-state index contributed by atoms with van der Waals surface area (Å²) in [6.07, 6.45) is 1.51. The molecule has 13 heteroatoms. The van der Waals surface area contributed by atoms with Crippen LogP contribution in [0.25, 0.3) is 16.7 Å². The molecule has 2 aromatic heterocycles. The Kier molecular flexibility index (Phi) is 8.11. The van der Waals surface area contributed by atoms with Crippen molar-refractivity contribution in [2.24, 2.45) is 7.05 Å². The molecule has 0 saturated heterocycles. The van der Waals surface area contributed by atoms with Gasteiger partial charge in [-0.15, -0.1) is 0 Å². The lowest BCUT2D eigenvalue weighted by Crippen LogP contribution is -2.45. The Labute approximate surface area is 246 Å². The van der Waals surface area contributed by atoms with Gasteiger partial charge in [0.25, 0.3) is 5.56 Å². The van der Waals surface area contributed by atoms with E-state index in [0.717, 1.165) is 5.69 Å². The monoisotopic (exact) mass is 590 g/mol. The van der Waals surface area contributed by atoms with Crippen molar-refractivity contribution in [3.8, 4) is 22.9 Å². The number of nitrogens with one attached hydrogen (secondary N) is 2. The first kappa shape index (κ1) is 28.6. The number of allylic oxidation sites excluding steroid dienone is 1. The van der Waals surface area contributed by atoms with Crippen LogP contribution in [-0.4, -0.2) is 51.2 Å². The maximum atomic E-state index is 13.2. The second kappa shape index (κ2) is 11.9. The van der Waals surface area contributed by atoms with E-state index < -0.39 is 12.0 Å². The number of methoxy groups -OCH3 is 2. The van der Waals surface area contributed by atoms with Crippen molar-refractivity contribution in [1.82, 2.24) is 30.0 Å². The predicted octanol–water partition coefficient (Wildman–Crippen LogP) is 3.07. The van der Waals surface area contributed by atoms with E-state index in [2.05, 4.69) is 15.7 Å². The summed E-state index contributed by atoms with van der Waals surface area (Å²) in [5, 5.41) is 11.2. The third-order valence-corrected chi connectivity index (χ3v) is 7.05. The first-order valence-electron chi connectivity index (χ1n) is 13.1. The van der Waals surface area contributed by atoms with Crippen LogP contribution in [0.2, 0.25) is 0 Å². The minimum Gasteiger partial charge on any atom is -0.493 e. The van der Waals surface area contributed by atoms with E-state index in [4.69, 9.17) is 36.1 Å². The highest BCUT2D eigenvalue weighted by Gasteiger charge is 2.32. The first-order chi connectivity index (χ1) is 20.3. The molecule has 0 bridgehead atoms. The summed E-state index contributed by atoms with van der Waals surface area (Å²) in [7, 11) is 4.62. The van der Waals surface area contributed by atoms with E-state index in [1.54, 1.807) is 37.7 Å². The van der Waals surface area contributed by atoms with Crippen molar-refractivity contribution in [2.45, 2.75) is 26.5 Å². The van der Waals surface area contributed by atoms with Crippen LogP contribution in [0, 0.1) is 0 Å². The summed E-state index contributed by atoms with van der Waals surface area (Å²) in [5.41, 5.74) is 2.54. The smallest absolute Gasteiger partial charge is 0.338 e. The van der Waals surface area contributed by atoms with Crippen molar-refractivity contribution in [2.75, 3.05) is 20.8 Å². The van der Waals surface area contributed by atoms with Crippen molar-refractivity contribution in [3.63, 3.8) is 0 Å². The summed E-state index contributed by atoms with van der Waals surface area (Å²) < 4.78 is 25.9. The zero-order chi connectivity index (χ0) is 30.0. The van der Waals surface area contributed by atoms with Crippen LogP contribution >= 0.6 is 12.2 Å².